The molecule has 1 rings (SSSR count). The average molecular weight is 323 g/mol. The van der Waals surface area contributed by atoms with E-state index < -0.39 is 0 Å². The van der Waals surface area contributed by atoms with E-state index in [0.717, 1.165) is 41.4 Å². The lowest BCUT2D eigenvalue weighted by Gasteiger charge is -2.33. The molecule has 0 saturated heterocycles. The molecule has 0 N–H and O–H groups in total. The van der Waals surface area contributed by atoms with Gasteiger partial charge in [0.1, 0.15) is 0 Å². The van der Waals surface area contributed by atoms with Gasteiger partial charge in [0.15, 0.2) is 0 Å². The van der Waals surface area contributed by atoms with Crippen molar-refractivity contribution in [2.75, 3.05) is 0 Å². The fraction of sp³-hybridized carbons (Fsp3) is 1.00. The topological polar surface area (TPSA) is 0 Å². The van der Waals surface area contributed by atoms with E-state index in [1.807, 2.05) is 0 Å². The maximum Gasteiger partial charge on any atom is -0.0383 e. The minimum atomic E-state index is 0.845. The maximum atomic E-state index is 2.56. The summed E-state index contributed by atoms with van der Waals surface area (Å²) in [4.78, 5) is 0. The van der Waals surface area contributed by atoms with E-state index in [9.17, 15) is 0 Å². The molecule has 1 aliphatic rings. The molecule has 23 heavy (non-hydrogen) atoms. The maximum absolute atomic E-state index is 2.56. The van der Waals surface area contributed by atoms with E-state index >= 15 is 0 Å². The van der Waals surface area contributed by atoms with E-state index in [1.54, 1.807) is 0 Å². The molecular weight excluding hydrogens is 276 g/mol. The number of hydrogen-bond donors (Lipinski definition) is 0. The van der Waals surface area contributed by atoms with Gasteiger partial charge in [-0.2, -0.15) is 0 Å². The van der Waals surface area contributed by atoms with Crippen molar-refractivity contribution in [2.45, 2.75) is 106 Å². The average Bonchev–Trinajstić information content (AvgIpc) is 2.49. The minimum Gasteiger partial charge on any atom is -0.0628 e. The highest BCUT2D eigenvalue weighted by molar-refractivity contribution is 4.77. The highest BCUT2D eigenvalue weighted by Gasteiger charge is 2.26. The molecule has 0 aromatic carbocycles. The van der Waals surface area contributed by atoms with Crippen molar-refractivity contribution in [2.24, 2.45) is 41.4 Å². The van der Waals surface area contributed by atoms with Gasteiger partial charge in [-0.05, 0) is 60.7 Å². The van der Waals surface area contributed by atoms with E-state index in [2.05, 4.69) is 48.5 Å². The van der Waals surface area contributed by atoms with Crippen molar-refractivity contribution in [3.8, 4) is 0 Å². The molecule has 0 aliphatic heterocycles. The predicted octanol–water partition coefficient (Wildman–Crippen LogP) is 7.96. The van der Waals surface area contributed by atoms with Gasteiger partial charge < -0.3 is 0 Å². The zero-order valence-electron chi connectivity index (χ0n) is 17.4. The standard InChI is InChI=1S/C23H46/c1-17(2)14-20(6)21(7)23-13-11-9-8-10-12-22(18(3)4)15-19(5)16-23/h17-23H,8-16H2,1-7H3. The third-order valence-corrected chi connectivity index (χ3v) is 6.74. The first-order valence-corrected chi connectivity index (χ1v) is 10.8. The van der Waals surface area contributed by atoms with Crippen LogP contribution in [0.1, 0.15) is 106 Å². The zero-order valence-corrected chi connectivity index (χ0v) is 17.4. The Bertz CT molecular complexity index is 290. The lowest BCUT2D eigenvalue weighted by molar-refractivity contribution is 0.175. The first kappa shape index (κ1) is 21.0. The lowest BCUT2D eigenvalue weighted by Crippen LogP contribution is -2.23. The van der Waals surface area contributed by atoms with Crippen molar-refractivity contribution in [1.29, 1.82) is 0 Å². The highest BCUT2D eigenvalue weighted by Crippen LogP contribution is 2.37. The van der Waals surface area contributed by atoms with Crippen LogP contribution in [0, 0.1) is 41.4 Å². The van der Waals surface area contributed by atoms with E-state index in [0.29, 0.717) is 0 Å². The van der Waals surface area contributed by atoms with Crippen LogP contribution in [0.3, 0.4) is 0 Å². The van der Waals surface area contributed by atoms with Crippen LogP contribution in [0.2, 0.25) is 0 Å². The van der Waals surface area contributed by atoms with Gasteiger partial charge in [-0.1, -0.05) is 87.0 Å². The summed E-state index contributed by atoms with van der Waals surface area (Å²) in [6.45, 7) is 17.3. The Morgan fingerprint density at radius 3 is 1.78 bits per heavy atom. The van der Waals surface area contributed by atoms with Crippen LogP contribution in [0.15, 0.2) is 0 Å². The Labute approximate surface area is 148 Å². The van der Waals surface area contributed by atoms with E-state index in [-0.39, 0.29) is 0 Å². The van der Waals surface area contributed by atoms with Gasteiger partial charge in [-0.25, -0.2) is 0 Å². The van der Waals surface area contributed by atoms with Gasteiger partial charge in [0.05, 0.1) is 0 Å². The van der Waals surface area contributed by atoms with Crippen LogP contribution in [0.5, 0.6) is 0 Å². The van der Waals surface area contributed by atoms with Crippen molar-refractivity contribution in [1.82, 2.24) is 0 Å². The predicted molar refractivity (Wildman–Crippen MR) is 106 cm³/mol. The van der Waals surface area contributed by atoms with Crippen LogP contribution in [0.4, 0.5) is 0 Å². The minimum absolute atomic E-state index is 0.845. The molecule has 5 atom stereocenters. The Balaban J connectivity index is 2.69. The molecule has 5 unspecified atom stereocenters. The second kappa shape index (κ2) is 10.8. The largest absolute Gasteiger partial charge is 0.0628 e. The summed E-state index contributed by atoms with van der Waals surface area (Å²) in [7, 11) is 0. The first-order valence-electron chi connectivity index (χ1n) is 10.8. The van der Waals surface area contributed by atoms with E-state index in [1.165, 1.54) is 57.8 Å². The summed E-state index contributed by atoms with van der Waals surface area (Å²) in [5.41, 5.74) is 0. The molecule has 0 nitrogen and oxygen atoms in total. The molecule has 0 aromatic rings. The molecule has 1 fully saturated rings. The van der Waals surface area contributed by atoms with Crippen molar-refractivity contribution >= 4 is 0 Å². The fourth-order valence-electron chi connectivity index (χ4n) is 5.04. The zero-order chi connectivity index (χ0) is 17.4. The summed E-state index contributed by atoms with van der Waals surface area (Å²) < 4.78 is 0. The Morgan fingerprint density at radius 1 is 0.739 bits per heavy atom. The number of hydrogen-bond acceptors (Lipinski definition) is 0. The summed E-state index contributed by atoms with van der Waals surface area (Å²) in [5.74, 6) is 6.35. The second-order valence-electron chi connectivity index (χ2n) is 9.80. The normalized spacial score (nSPS) is 30.9. The molecule has 0 radical (unpaired) electrons. The summed E-state index contributed by atoms with van der Waals surface area (Å²) in [6.07, 6.45) is 13.2. The lowest BCUT2D eigenvalue weighted by atomic mass is 9.73. The van der Waals surface area contributed by atoms with Crippen LogP contribution in [-0.4, -0.2) is 0 Å². The molecule has 1 aliphatic carbocycles. The molecule has 138 valence electrons. The van der Waals surface area contributed by atoms with Gasteiger partial charge in [-0.3, -0.25) is 0 Å². The fourth-order valence-corrected chi connectivity index (χ4v) is 5.04. The third kappa shape index (κ3) is 8.08. The van der Waals surface area contributed by atoms with Crippen LogP contribution >= 0.6 is 0 Å². The van der Waals surface area contributed by atoms with Gasteiger partial charge in [0, 0.05) is 0 Å². The van der Waals surface area contributed by atoms with Crippen molar-refractivity contribution in [3.63, 3.8) is 0 Å². The molecule has 0 aromatic heterocycles. The monoisotopic (exact) mass is 322 g/mol. The summed E-state index contributed by atoms with van der Waals surface area (Å²) in [5, 5.41) is 0. The van der Waals surface area contributed by atoms with E-state index in [4.69, 9.17) is 0 Å². The SMILES string of the molecule is CC(C)CC(C)C(C)C1CCCCCCC(C(C)C)CC(C)C1. The van der Waals surface area contributed by atoms with Crippen molar-refractivity contribution < 1.29 is 0 Å². The second-order valence-corrected chi connectivity index (χ2v) is 9.80. The Hall–Kier alpha value is 0. The Morgan fingerprint density at radius 2 is 1.26 bits per heavy atom. The Kier molecular flexibility index (Phi) is 9.86. The van der Waals surface area contributed by atoms with Gasteiger partial charge in [-0.15, -0.1) is 0 Å². The van der Waals surface area contributed by atoms with Crippen LogP contribution in [0.25, 0.3) is 0 Å². The van der Waals surface area contributed by atoms with Crippen LogP contribution < -0.4 is 0 Å². The molecule has 0 amide bonds. The molecule has 1 saturated carbocycles. The summed E-state index contributed by atoms with van der Waals surface area (Å²) in [6, 6.07) is 0. The van der Waals surface area contributed by atoms with Crippen molar-refractivity contribution in [3.05, 3.63) is 0 Å². The smallest absolute Gasteiger partial charge is 0.0383 e. The quantitative estimate of drug-likeness (QED) is 0.481. The first-order chi connectivity index (χ1) is 10.8. The molecule has 0 heterocycles. The van der Waals surface area contributed by atoms with Gasteiger partial charge >= 0.3 is 0 Å². The van der Waals surface area contributed by atoms with Crippen LogP contribution in [-0.2, 0) is 0 Å². The highest BCUT2D eigenvalue weighted by atomic mass is 14.3. The molecule has 0 spiro atoms. The van der Waals surface area contributed by atoms with Gasteiger partial charge in [0.2, 0.25) is 0 Å². The molecule has 0 heteroatoms. The summed E-state index contributed by atoms with van der Waals surface area (Å²) >= 11 is 0. The van der Waals surface area contributed by atoms with Gasteiger partial charge in [0.25, 0.3) is 0 Å². The molecule has 0 bridgehead atoms. The molecular formula is C23H46. The third-order valence-electron chi connectivity index (χ3n) is 6.74. The number of rotatable bonds is 5.